The molecule has 4 aliphatic heterocycles. The molecule has 4 aromatic carbocycles. The van der Waals surface area contributed by atoms with Crippen LogP contribution in [0.2, 0.25) is 15.1 Å². The van der Waals surface area contributed by atoms with Crippen LogP contribution in [0, 0.1) is 28.6 Å². The second-order valence-electron chi connectivity index (χ2n) is 40.8. The molecule has 9 fully saturated rings. The summed E-state index contributed by atoms with van der Waals surface area (Å²) >= 11 is 23.8. The molecule has 33 heteroatoms. The fourth-order valence-electron chi connectivity index (χ4n) is 22.5. The summed E-state index contributed by atoms with van der Waals surface area (Å²) < 4.78 is 40.5. The number of hydrogen-bond acceptors (Lipinski definition) is 23. The van der Waals surface area contributed by atoms with E-state index < -0.39 is 52.3 Å². The van der Waals surface area contributed by atoms with Crippen LogP contribution in [0.4, 0.5) is 14.4 Å². The van der Waals surface area contributed by atoms with Crippen molar-refractivity contribution < 1.29 is 65.8 Å². The molecule has 5 saturated carbocycles. The summed E-state index contributed by atoms with van der Waals surface area (Å²) in [6.45, 7) is 5.06. The number of hydrogen-bond donors (Lipinski definition) is 4. The van der Waals surface area contributed by atoms with Gasteiger partial charge in [-0.3, -0.25) is 33.7 Å². The van der Waals surface area contributed by atoms with E-state index in [9.17, 15) is 56.8 Å². The minimum Gasteiger partial charge on any atom is -0.409 e. The zero-order valence-corrected chi connectivity index (χ0v) is 88.4. The molecule has 7 heterocycles. The Hall–Kier alpha value is -8.68. The molecule has 0 radical (unpaired) electrons. The first-order valence-electron chi connectivity index (χ1n) is 52.4. The van der Waals surface area contributed by atoms with Crippen molar-refractivity contribution in [2.24, 2.45) is 23.0 Å². The molecular weight excluding hydrogens is 1950 g/mol. The fourth-order valence-corrected chi connectivity index (χ4v) is 26.0. The van der Waals surface area contributed by atoms with E-state index in [2.05, 4.69) is 51.2 Å². The summed E-state index contributed by atoms with van der Waals surface area (Å²) in [7, 11) is -3.07. The lowest BCUT2D eigenvalue weighted by atomic mass is 9.72. The fraction of sp³-hybridized carbons (Fsp3) is 0.582. The van der Waals surface area contributed by atoms with Crippen LogP contribution >= 0.6 is 68.8 Å². The van der Waals surface area contributed by atoms with Gasteiger partial charge < -0.3 is 65.3 Å². The summed E-state index contributed by atoms with van der Waals surface area (Å²) in [5.74, 6) is 1.40. The molecule has 16 rings (SSSR count). The zero-order valence-electron chi connectivity index (χ0n) is 82.9. The molecule has 1 spiro atoms. The highest BCUT2D eigenvalue weighted by atomic mass is 35.5. The van der Waals surface area contributed by atoms with Gasteiger partial charge in [-0.1, -0.05) is 229 Å². The van der Waals surface area contributed by atoms with E-state index in [0.717, 1.165) is 124 Å². The molecule has 26 nitrogen and oxygen atoms in total. The number of ether oxygens (including phenoxy) is 3. The van der Waals surface area contributed by atoms with Gasteiger partial charge >= 0.3 is 18.3 Å². The Bertz CT molecular complexity index is 5390. The van der Waals surface area contributed by atoms with Crippen molar-refractivity contribution in [3.05, 3.63) is 190 Å². The van der Waals surface area contributed by atoms with E-state index in [1.807, 2.05) is 58.6 Å². The van der Waals surface area contributed by atoms with Crippen molar-refractivity contribution in [2.45, 2.75) is 305 Å². The number of likely N-dealkylation sites (tertiary alicyclic amines) is 1. The lowest BCUT2D eigenvalue weighted by Crippen LogP contribution is -2.63. The molecule has 6 atom stereocenters. The maximum atomic E-state index is 14.7. The number of sulfone groups is 1. The number of nitrogens with two attached hydrogens (primary N) is 1. The SMILES string of the molecule is CS(=O)(=O)CCCCC[C@@H](NC1CCC2(CC1)CCN(Cc1ccccc1)C2)C(=O)N1CCN(C(=O)Oc2ccccc2Cl)C[C@H]1C(=O)CCc1cccs1.N#Cc1cccc(OC(=O)N2CCN(C(=O)[C@@H](CC3CCCCC3)NC3CCCCC3)[C@H](C(=O)CCc3cccs3)C2)c1Cl.NCc1cccc(OC(=O)N2CCN(C(=O)[C@@H](CC3CCCCC3)NC3CCCCC3)[C@H](C(=O)CCc3cccs3)C2)c1Cl. The second-order valence-corrected chi connectivity index (χ2v) is 47.3. The van der Waals surface area contributed by atoms with Crippen molar-refractivity contribution in [2.75, 3.05) is 84.0 Å². The Balaban J connectivity index is 0.000000172. The highest BCUT2D eigenvalue weighted by Crippen LogP contribution is 2.45. The van der Waals surface area contributed by atoms with Crippen LogP contribution in [0.25, 0.3) is 0 Å². The normalized spacial score (nSPS) is 21.4. The molecule has 0 unspecified atom stereocenters. The number of nitrogens with zero attached hydrogens (tertiary/aromatic N) is 8. The van der Waals surface area contributed by atoms with Gasteiger partial charge in [0.15, 0.2) is 34.6 Å². The number of halogens is 3. The summed E-state index contributed by atoms with van der Waals surface area (Å²) in [5.41, 5.74) is 8.32. The van der Waals surface area contributed by atoms with Gasteiger partial charge in [-0.05, 0) is 202 Å². The number of nitriles is 1. The van der Waals surface area contributed by atoms with Crippen molar-refractivity contribution in [1.82, 2.24) is 50.2 Å². The van der Waals surface area contributed by atoms with Gasteiger partial charge in [-0.25, -0.2) is 22.8 Å². The van der Waals surface area contributed by atoms with E-state index in [4.69, 9.17) is 54.7 Å². The summed E-state index contributed by atoms with van der Waals surface area (Å²) in [4.78, 5) is 141. The minimum atomic E-state index is -3.07. The van der Waals surface area contributed by atoms with Gasteiger partial charge in [-0.15, -0.1) is 34.0 Å². The number of Topliss-reactive ketones (excluding diaryl/α,β-unsaturated/α-hetero) is 3. The van der Waals surface area contributed by atoms with Crippen LogP contribution < -0.4 is 35.9 Å². The first kappa shape index (κ1) is 110. The van der Waals surface area contributed by atoms with Crippen molar-refractivity contribution in [3.63, 3.8) is 0 Å². The molecule has 4 saturated heterocycles. The molecule has 6 amide bonds. The minimum absolute atomic E-state index is 0.00216. The Kier molecular flexibility index (Phi) is 42.6. The van der Waals surface area contributed by atoms with Crippen molar-refractivity contribution in [3.8, 4) is 23.3 Å². The number of carbonyl (C=O) groups is 9. The van der Waals surface area contributed by atoms with Crippen LogP contribution in [0.15, 0.2) is 144 Å². The molecule has 0 bridgehead atoms. The largest absolute Gasteiger partial charge is 0.415 e. The van der Waals surface area contributed by atoms with E-state index in [1.54, 1.807) is 103 Å². The number of carbonyl (C=O) groups excluding carboxylic acids is 9. The van der Waals surface area contributed by atoms with E-state index in [0.29, 0.717) is 96.3 Å². The highest BCUT2D eigenvalue weighted by molar-refractivity contribution is 7.90. The van der Waals surface area contributed by atoms with Crippen molar-refractivity contribution in [1.29, 1.82) is 5.26 Å². The first-order chi connectivity index (χ1) is 69.3. The first-order valence-corrected chi connectivity index (χ1v) is 58.3. The molecule has 7 aromatic rings. The van der Waals surface area contributed by atoms with E-state index in [1.165, 1.54) is 116 Å². The number of ketones is 3. The van der Waals surface area contributed by atoms with Crippen LogP contribution in [0.3, 0.4) is 0 Å². The monoisotopic (exact) mass is 2090 g/mol. The third kappa shape index (κ3) is 32.7. The third-order valence-electron chi connectivity index (χ3n) is 30.6. The Morgan fingerprint density at radius 3 is 1.31 bits per heavy atom. The number of unbranched alkanes of at least 4 members (excludes halogenated alkanes) is 2. The van der Waals surface area contributed by atoms with Gasteiger partial charge in [0.05, 0.1) is 53.4 Å². The maximum Gasteiger partial charge on any atom is 0.415 e. The predicted molar refractivity (Wildman–Crippen MR) is 565 cm³/mol. The Morgan fingerprint density at radius 2 is 0.867 bits per heavy atom. The summed E-state index contributed by atoms with van der Waals surface area (Å²) in [6, 6.07) is 38.5. The molecule has 9 aliphatic rings. The lowest BCUT2D eigenvalue weighted by Gasteiger charge is -2.43. The second kappa shape index (κ2) is 55.4. The molecule has 5 aliphatic carbocycles. The number of aryl methyl sites for hydroxylation is 3. The molecule has 5 N–H and O–H groups in total. The zero-order chi connectivity index (χ0) is 101. The molecule has 143 heavy (non-hydrogen) atoms. The Morgan fingerprint density at radius 1 is 0.455 bits per heavy atom. The third-order valence-corrected chi connectivity index (χ3v) is 35.5. The predicted octanol–water partition coefficient (Wildman–Crippen LogP) is 20.1. The van der Waals surface area contributed by atoms with E-state index >= 15 is 0 Å². The number of para-hydroxylation sites is 1. The van der Waals surface area contributed by atoms with E-state index in [-0.39, 0.29) is 165 Å². The molecule has 774 valence electrons. The quantitative estimate of drug-likeness (QED) is 0.0263. The number of benzene rings is 4. The topological polar surface area (TPSA) is 324 Å². The average molecular weight is 2090 g/mol. The van der Waals surface area contributed by atoms with Gasteiger partial charge in [0.2, 0.25) is 17.7 Å². The number of nitrogens with one attached hydrogen (secondary N) is 3. The standard InChI is InChI=1S/C42H55ClN4O6S2.C34H47ClN4O4S.C34H43ClN4O4S/c1-55(51,52)28-9-3-6-15-36(44-33-19-21-42(22-20-33)23-24-45(31-42)29-32-11-4-2-5-12-32)40(49)47-26-25-46(41(50)53-39-16-8-7-14-35(39)43)30-37(47)38(48)18-17-34-13-10-27-54-34;2*35-32-25(22-36)11-7-15-31(32)43-34(42)38-18-19-39(29(23-38)30(40)17-16-27-14-8-20-44-27)33(41)28(21-24-9-3-1-4-10-24)37-26-12-5-2-6-13-26/h2,4-5,7-8,10-14,16,27,33,36-37,44H,3,6,9,15,17-26,28-31H2,1H3;7-8,11,14-15,20,24,26,28-29,37H,1-6,9-10,12-13,16-19,21-23,36H2;7-8,11,14-15,20,24,26,28-29,37H,1-6,9-10,12-13,16-19,21,23H2/t33?,36-,37+,42?;2*28-,29+/m111/s1. The van der Waals surface area contributed by atoms with Gasteiger partial charge in [0.1, 0.15) is 39.1 Å². The van der Waals surface area contributed by atoms with Crippen LogP contribution in [0.1, 0.15) is 250 Å². The van der Waals surface area contributed by atoms with Gasteiger partial charge in [0.25, 0.3) is 0 Å². The number of amides is 6. The lowest BCUT2D eigenvalue weighted by molar-refractivity contribution is -0.145. The molecular formula is C110H145Cl3N12O14S4. The van der Waals surface area contributed by atoms with Gasteiger partial charge in [-0.2, -0.15) is 5.26 Å². The maximum absolute atomic E-state index is 14.7. The van der Waals surface area contributed by atoms with Crippen molar-refractivity contribution >= 4 is 132 Å². The van der Waals surface area contributed by atoms with Crippen LogP contribution in [-0.4, -0.2) is 234 Å². The van der Waals surface area contributed by atoms with Gasteiger partial charge in [0, 0.05) is 123 Å². The molecule has 3 aromatic heterocycles. The Labute approximate surface area is 872 Å². The summed E-state index contributed by atoms with van der Waals surface area (Å²) in [5, 5.41) is 27.2. The number of thiophene rings is 3. The number of piperazine rings is 3. The van der Waals surface area contributed by atoms with Crippen LogP contribution in [-0.2, 0) is 71.0 Å². The average Bonchev–Trinajstić information content (AvgIpc) is 1.57. The summed E-state index contributed by atoms with van der Waals surface area (Å²) in [6.07, 6.45) is 35.0. The highest BCUT2D eigenvalue weighted by Gasteiger charge is 2.47. The smallest absolute Gasteiger partial charge is 0.409 e. The van der Waals surface area contributed by atoms with Crippen LogP contribution in [0.5, 0.6) is 17.2 Å². The number of rotatable bonds is 37.